The van der Waals surface area contributed by atoms with Crippen LogP contribution in [0.1, 0.15) is 57.9 Å². The SMILES string of the molecule is CCCOc1ccc(CC2CCC(CC)CC2)c(P)c1I. The molecule has 1 saturated carbocycles. The molecule has 0 heterocycles. The monoisotopic (exact) mass is 418 g/mol. The highest BCUT2D eigenvalue weighted by molar-refractivity contribution is 14.1. The number of hydrogen-bond donors (Lipinski definition) is 0. The Bertz CT molecular complexity index is 453. The average Bonchev–Trinajstić information content (AvgIpc) is 2.52. The van der Waals surface area contributed by atoms with Gasteiger partial charge in [0.05, 0.1) is 10.2 Å². The molecule has 0 radical (unpaired) electrons. The van der Waals surface area contributed by atoms with Crippen LogP contribution in [-0.2, 0) is 6.42 Å². The van der Waals surface area contributed by atoms with Crippen molar-refractivity contribution >= 4 is 37.1 Å². The molecule has 0 saturated heterocycles. The molecule has 1 unspecified atom stereocenters. The molecule has 0 amide bonds. The molecule has 0 bridgehead atoms. The van der Waals surface area contributed by atoms with Crippen molar-refractivity contribution in [2.24, 2.45) is 11.8 Å². The van der Waals surface area contributed by atoms with Crippen molar-refractivity contribution in [2.75, 3.05) is 6.61 Å². The summed E-state index contributed by atoms with van der Waals surface area (Å²) in [5.41, 5.74) is 1.49. The Morgan fingerprint density at radius 1 is 1.14 bits per heavy atom. The van der Waals surface area contributed by atoms with E-state index >= 15 is 0 Å². The van der Waals surface area contributed by atoms with Crippen molar-refractivity contribution in [3.05, 3.63) is 21.3 Å². The molecule has 118 valence electrons. The first-order valence-corrected chi connectivity index (χ1v) is 10.0. The highest BCUT2D eigenvalue weighted by Gasteiger charge is 2.21. The minimum Gasteiger partial charge on any atom is -0.492 e. The van der Waals surface area contributed by atoms with E-state index in [0.717, 1.165) is 30.6 Å². The van der Waals surface area contributed by atoms with Crippen LogP contribution in [0.25, 0.3) is 0 Å². The zero-order valence-electron chi connectivity index (χ0n) is 13.3. The molecule has 2 rings (SSSR count). The molecule has 0 aliphatic heterocycles. The van der Waals surface area contributed by atoms with E-state index in [-0.39, 0.29) is 0 Å². The summed E-state index contributed by atoms with van der Waals surface area (Å²) in [6.45, 7) is 5.29. The quantitative estimate of drug-likeness (QED) is 0.448. The molecule has 1 aromatic carbocycles. The number of halogens is 1. The molecule has 21 heavy (non-hydrogen) atoms. The average molecular weight is 418 g/mol. The molecule has 0 N–H and O–H groups in total. The molecule has 1 aliphatic carbocycles. The summed E-state index contributed by atoms with van der Waals surface area (Å²) in [6.07, 6.45) is 9.35. The van der Waals surface area contributed by atoms with Gasteiger partial charge in [0.15, 0.2) is 0 Å². The fourth-order valence-corrected chi connectivity index (χ4v) is 4.31. The lowest BCUT2D eigenvalue weighted by atomic mass is 9.78. The Balaban J connectivity index is 1.99. The lowest BCUT2D eigenvalue weighted by Gasteiger charge is -2.28. The van der Waals surface area contributed by atoms with E-state index in [1.807, 2.05) is 0 Å². The Labute approximate surface area is 146 Å². The van der Waals surface area contributed by atoms with Crippen molar-refractivity contribution in [3.63, 3.8) is 0 Å². The first kappa shape index (κ1) is 17.5. The van der Waals surface area contributed by atoms with Crippen molar-refractivity contribution in [1.29, 1.82) is 0 Å². The van der Waals surface area contributed by atoms with Crippen LogP contribution in [0.2, 0.25) is 0 Å². The van der Waals surface area contributed by atoms with E-state index in [1.54, 1.807) is 0 Å². The second-order valence-electron chi connectivity index (χ2n) is 6.30. The van der Waals surface area contributed by atoms with Crippen LogP contribution in [0.3, 0.4) is 0 Å². The van der Waals surface area contributed by atoms with E-state index in [1.165, 1.54) is 53.0 Å². The van der Waals surface area contributed by atoms with Gasteiger partial charge >= 0.3 is 0 Å². The topological polar surface area (TPSA) is 9.23 Å². The predicted octanol–water partition coefficient (Wildman–Crippen LogP) is 5.34. The van der Waals surface area contributed by atoms with Crippen LogP contribution in [0.4, 0.5) is 0 Å². The van der Waals surface area contributed by atoms with Crippen molar-refractivity contribution in [1.82, 2.24) is 0 Å². The third kappa shape index (κ3) is 4.82. The number of hydrogen-bond acceptors (Lipinski definition) is 1. The lowest BCUT2D eigenvalue weighted by Crippen LogP contribution is -2.19. The van der Waals surface area contributed by atoms with E-state index in [2.05, 4.69) is 57.8 Å². The Hall–Kier alpha value is 0.180. The first-order chi connectivity index (χ1) is 10.2. The van der Waals surface area contributed by atoms with Crippen LogP contribution in [0.15, 0.2) is 12.1 Å². The molecule has 1 nitrogen and oxygen atoms in total. The molecule has 1 fully saturated rings. The first-order valence-electron chi connectivity index (χ1n) is 8.35. The summed E-state index contributed by atoms with van der Waals surface area (Å²) in [6, 6.07) is 4.44. The molecular formula is C18H28IOP. The van der Waals surface area contributed by atoms with Crippen LogP contribution < -0.4 is 10.0 Å². The van der Waals surface area contributed by atoms with Gasteiger partial charge in [0.25, 0.3) is 0 Å². The minimum atomic E-state index is 0.806. The summed E-state index contributed by atoms with van der Waals surface area (Å²) in [5, 5.41) is 1.35. The summed E-state index contributed by atoms with van der Waals surface area (Å²) < 4.78 is 7.09. The molecule has 3 heteroatoms. The van der Waals surface area contributed by atoms with Gasteiger partial charge in [-0.1, -0.05) is 39.2 Å². The normalized spacial score (nSPS) is 22.3. The number of rotatable bonds is 6. The fraction of sp³-hybridized carbons (Fsp3) is 0.667. The van der Waals surface area contributed by atoms with E-state index in [9.17, 15) is 0 Å². The summed E-state index contributed by atoms with van der Waals surface area (Å²) >= 11 is 2.43. The van der Waals surface area contributed by atoms with Gasteiger partial charge < -0.3 is 4.74 Å². The third-order valence-corrected chi connectivity index (χ3v) is 7.11. The van der Waals surface area contributed by atoms with Gasteiger partial charge in [0, 0.05) is 0 Å². The minimum absolute atomic E-state index is 0.806. The van der Waals surface area contributed by atoms with Crippen LogP contribution in [0, 0.1) is 15.4 Å². The summed E-state index contributed by atoms with van der Waals surface area (Å²) in [5.74, 6) is 2.91. The second kappa shape index (κ2) is 8.72. The smallest absolute Gasteiger partial charge is 0.133 e. The third-order valence-electron chi connectivity index (χ3n) is 4.75. The van der Waals surface area contributed by atoms with Crippen LogP contribution in [0.5, 0.6) is 5.75 Å². The Morgan fingerprint density at radius 3 is 2.43 bits per heavy atom. The van der Waals surface area contributed by atoms with Crippen molar-refractivity contribution < 1.29 is 4.74 Å². The number of benzene rings is 1. The van der Waals surface area contributed by atoms with Crippen LogP contribution >= 0.6 is 31.8 Å². The van der Waals surface area contributed by atoms with Gasteiger partial charge in [0.2, 0.25) is 0 Å². The Morgan fingerprint density at radius 2 is 1.81 bits per heavy atom. The van der Waals surface area contributed by atoms with Gasteiger partial charge in [-0.05, 0) is 77.0 Å². The van der Waals surface area contributed by atoms with Crippen molar-refractivity contribution in [2.45, 2.75) is 58.8 Å². The molecule has 1 aliphatic rings. The second-order valence-corrected chi connectivity index (χ2v) is 7.95. The maximum absolute atomic E-state index is 5.82. The molecule has 1 atom stereocenters. The van der Waals surface area contributed by atoms with E-state index in [0.29, 0.717) is 0 Å². The maximum Gasteiger partial charge on any atom is 0.133 e. The van der Waals surface area contributed by atoms with Gasteiger partial charge in [0.1, 0.15) is 5.75 Å². The largest absolute Gasteiger partial charge is 0.492 e. The molecule has 0 spiro atoms. The number of ether oxygens (including phenoxy) is 1. The molecular weight excluding hydrogens is 390 g/mol. The van der Waals surface area contributed by atoms with Gasteiger partial charge in [-0.15, -0.1) is 9.24 Å². The van der Waals surface area contributed by atoms with E-state index < -0.39 is 0 Å². The lowest BCUT2D eigenvalue weighted by molar-refractivity contribution is 0.268. The Kier molecular flexibility index (Phi) is 7.28. The van der Waals surface area contributed by atoms with Crippen LogP contribution in [-0.4, -0.2) is 6.61 Å². The zero-order valence-corrected chi connectivity index (χ0v) is 16.6. The van der Waals surface area contributed by atoms with Gasteiger partial charge in [-0.2, -0.15) is 0 Å². The highest BCUT2D eigenvalue weighted by atomic mass is 127. The van der Waals surface area contributed by atoms with E-state index in [4.69, 9.17) is 4.74 Å². The van der Waals surface area contributed by atoms with Gasteiger partial charge in [-0.25, -0.2) is 0 Å². The van der Waals surface area contributed by atoms with Crippen molar-refractivity contribution in [3.8, 4) is 5.75 Å². The zero-order chi connectivity index (χ0) is 15.2. The maximum atomic E-state index is 5.82. The van der Waals surface area contributed by atoms with Gasteiger partial charge in [-0.3, -0.25) is 0 Å². The summed E-state index contributed by atoms with van der Waals surface area (Å²) in [7, 11) is 2.94. The molecule has 0 aromatic heterocycles. The molecule has 1 aromatic rings. The predicted molar refractivity (Wildman–Crippen MR) is 104 cm³/mol. The summed E-state index contributed by atoms with van der Waals surface area (Å²) in [4.78, 5) is 0. The fourth-order valence-electron chi connectivity index (χ4n) is 3.27. The standard InChI is InChI=1S/C18H28IOP/c1-3-11-20-16-10-9-15(18(21)17(16)19)12-14-7-5-13(4-2)6-8-14/h9-10,13-14H,3-8,11-12,21H2,1-2H3. The highest BCUT2D eigenvalue weighted by Crippen LogP contribution is 2.33.